The van der Waals surface area contributed by atoms with Gasteiger partial charge >= 0.3 is 0 Å². The lowest BCUT2D eigenvalue weighted by molar-refractivity contribution is -0.120. The summed E-state index contributed by atoms with van der Waals surface area (Å²) < 4.78 is 5.87. The van der Waals surface area contributed by atoms with Gasteiger partial charge < -0.3 is 15.4 Å². The highest BCUT2D eigenvalue weighted by Gasteiger charge is 2.11. The monoisotopic (exact) mass is 292 g/mol. The molecule has 0 aliphatic heterocycles. The Morgan fingerprint density at radius 2 is 2.14 bits per heavy atom. The smallest absolute Gasteiger partial charge is 0.219 e. The minimum absolute atomic E-state index is 0.0562. The van der Waals surface area contributed by atoms with Crippen LogP contribution in [0.2, 0.25) is 0 Å². The second kappa shape index (κ2) is 9.40. The summed E-state index contributed by atoms with van der Waals surface area (Å²) in [5, 5.41) is 6.11. The molecule has 118 valence electrons. The molecule has 2 N–H and O–H groups in total. The molecular formula is C17H28N2O2. The summed E-state index contributed by atoms with van der Waals surface area (Å²) in [7, 11) is 1.66. The molecule has 1 aromatic carbocycles. The summed E-state index contributed by atoms with van der Waals surface area (Å²) in [6.45, 7) is 7.95. The van der Waals surface area contributed by atoms with Gasteiger partial charge in [0.05, 0.1) is 6.61 Å². The Morgan fingerprint density at radius 1 is 1.38 bits per heavy atom. The number of nitrogens with one attached hydrogen (secondary N) is 2. The molecule has 4 heteroatoms. The highest BCUT2D eigenvalue weighted by molar-refractivity contribution is 5.75. The van der Waals surface area contributed by atoms with Gasteiger partial charge in [-0.1, -0.05) is 24.6 Å². The minimum atomic E-state index is 0.0562. The lowest BCUT2D eigenvalue weighted by Crippen LogP contribution is -2.20. The number of aryl methyl sites for hydroxylation is 1. The summed E-state index contributed by atoms with van der Waals surface area (Å²) in [4.78, 5) is 11.2. The van der Waals surface area contributed by atoms with E-state index in [4.69, 9.17) is 4.74 Å². The molecule has 1 amide bonds. The summed E-state index contributed by atoms with van der Waals surface area (Å²) in [5.74, 6) is 0.967. The largest absolute Gasteiger partial charge is 0.493 e. The second-order valence-electron chi connectivity index (χ2n) is 5.34. The van der Waals surface area contributed by atoms with Crippen molar-refractivity contribution in [1.29, 1.82) is 0 Å². The molecule has 0 heterocycles. The first-order valence-corrected chi connectivity index (χ1v) is 7.75. The van der Waals surface area contributed by atoms with Crippen molar-refractivity contribution in [3.63, 3.8) is 0 Å². The van der Waals surface area contributed by atoms with Crippen molar-refractivity contribution in [1.82, 2.24) is 10.6 Å². The minimum Gasteiger partial charge on any atom is -0.493 e. The van der Waals surface area contributed by atoms with Gasteiger partial charge in [-0.05, 0) is 39.3 Å². The van der Waals surface area contributed by atoms with Crippen LogP contribution in [0.15, 0.2) is 18.2 Å². The van der Waals surface area contributed by atoms with Gasteiger partial charge in [-0.3, -0.25) is 4.79 Å². The van der Waals surface area contributed by atoms with Crippen molar-refractivity contribution in [3.05, 3.63) is 29.3 Å². The van der Waals surface area contributed by atoms with Gasteiger partial charge in [-0.15, -0.1) is 0 Å². The Morgan fingerprint density at radius 3 is 2.81 bits per heavy atom. The molecule has 0 aliphatic rings. The fourth-order valence-corrected chi connectivity index (χ4v) is 2.15. The van der Waals surface area contributed by atoms with Crippen LogP contribution in [0.5, 0.6) is 5.75 Å². The van der Waals surface area contributed by atoms with E-state index in [1.807, 2.05) is 6.07 Å². The summed E-state index contributed by atoms with van der Waals surface area (Å²) in [6.07, 6.45) is 2.34. The average molecular weight is 292 g/mol. The highest BCUT2D eigenvalue weighted by Crippen LogP contribution is 2.26. The van der Waals surface area contributed by atoms with E-state index >= 15 is 0 Å². The summed E-state index contributed by atoms with van der Waals surface area (Å²) in [5.41, 5.74) is 2.41. The molecule has 1 unspecified atom stereocenters. The molecule has 0 fully saturated rings. The molecule has 0 aliphatic carbocycles. The second-order valence-corrected chi connectivity index (χ2v) is 5.34. The molecule has 21 heavy (non-hydrogen) atoms. The van der Waals surface area contributed by atoms with E-state index < -0.39 is 0 Å². The number of carbonyl (C=O) groups is 1. The maximum absolute atomic E-state index is 11.2. The molecule has 1 atom stereocenters. The molecule has 0 aromatic heterocycles. The summed E-state index contributed by atoms with van der Waals surface area (Å²) in [6, 6.07) is 6.51. The van der Waals surface area contributed by atoms with Gasteiger partial charge in [0, 0.05) is 25.1 Å². The Balaban J connectivity index is 2.61. The molecule has 4 nitrogen and oxygen atoms in total. The van der Waals surface area contributed by atoms with E-state index in [2.05, 4.69) is 43.5 Å². The molecule has 0 saturated carbocycles. The predicted molar refractivity (Wildman–Crippen MR) is 86.7 cm³/mol. The fourth-order valence-electron chi connectivity index (χ4n) is 2.15. The van der Waals surface area contributed by atoms with Crippen LogP contribution in [-0.4, -0.2) is 26.1 Å². The van der Waals surface area contributed by atoms with Crippen LogP contribution >= 0.6 is 0 Å². The van der Waals surface area contributed by atoms with Crippen molar-refractivity contribution >= 4 is 5.91 Å². The van der Waals surface area contributed by atoms with Crippen LogP contribution in [0.4, 0.5) is 0 Å². The van der Waals surface area contributed by atoms with Crippen molar-refractivity contribution in [2.24, 2.45) is 0 Å². The van der Waals surface area contributed by atoms with Crippen molar-refractivity contribution in [3.8, 4) is 5.75 Å². The van der Waals surface area contributed by atoms with Crippen molar-refractivity contribution < 1.29 is 9.53 Å². The van der Waals surface area contributed by atoms with Crippen molar-refractivity contribution in [2.75, 3.05) is 20.2 Å². The lowest BCUT2D eigenvalue weighted by Gasteiger charge is -2.19. The first kappa shape index (κ1) is 17.5. The number of amides is 1. The third kappa shape index (κ3) is 6.17. The topological polar surface area (TPSA) is 50.4 Å². The standard InChI is InChI=1S/C17H28N2O2/c1-5-10-19-14(3)15-12-13(2)8-9-16(15)21-11-6-7-17(20)18-4/h8-9,12,14,19H,5-7,10-11H2,1-4H3,(H,18,20). The molecule has 1 rings (SSSR count). The van der Waals surface area contributed by atoms with Crippen LogP contribution in [-0.2, 0) is 4.79 Å². The molecule has 0 bridgehead atoms. The number of hydrogen-bond acceptors (Lipinski definition) is 3. The first-order valence-electron chi connectivity index (χ1n) is 7.75. The van der Waals surface area contributed by atoms with Crippen molar-refractivity contribution in [2.45, 2.75) is 46.1 Å². The van der Waals surface area contributed by atoms with Crippen LogP contribution < -0.4 is 15.4 Å². The first-order chi connectivity index (χ1) is 10.1. The molecule has 0 spiro atoms. The Kier molecular flexibility index (Phi) is 7.83. The van der Waals surface area contributed by atoms with Crippen LogP contribution in [0.1, 0.15) is 50.3 Å². The third-order valence-electron chi connectivity index (χ3n) is 3.42. The van der Waals surface area contributed by atoms with E-state index in [0.717, 1.165) is 25.1 Å². The normalized spacial score (nSPS) is 12.0. The summed E-state index contributed by atoms with van der Waals surface area (Å²) >= 11 is 0. The predicted octanol–water partition coefficient (Wildman–Crippen LogP) is 2.96. The van der Waals surface area contributed by atoms with Crippen LogP contribution in [0.25, 0.3) is 0 Å². The maximum atomic E-state index is 11.2. The van der Waals surface area contributed by atoms with Gasteiger partial charge in [0.1, 0.15) is 5.75 Å². The van der Waals surface area contributed by atoms with E-state index in [1.165, 1.54) is 11.1 Å². The zero-order valence-electron chi connectivity index (χ0n) is 13.7. The van der Waals surface area contributed by atoms with E-state index in [9.17, 15) is 4.79 Å². The van der Waals surface area contributed by atoms with Gasteiger partial charge in [0.25, 0.3) is 0 Å². The Hall–Kier alpha value is -1.55. The molecular weight excluding hydrogens is 264 g/mol. The van der Waals surface area contributed by atoms with Gasteiger partial charge in [-0.2, -0.15) is 0 Å². The molecule has 1 aromatic rings. The van der Waals surface area contributed by atoms with Gasteiger partial charge in [0.2, 0.25) is 5.91 Å². The zero-order chi connectivity index (χ0) is 15.7. The lowest BCUT2D eigenvalue weighted by atomic mass is 10.0. The van der Waals surface area contributed by atoms with Crippen LogP contribution in [0.3, 0.4) is 0 Å². The Labute approximate surface area is 128 Å². The van der Waals surface area contributed by atoms with E-state index in [-0.39, 0.29) is 11.9 Å². The average Bonchev–Trinajstić information content (AvgIpc) is 2.49. The van der Waals surface area contributed by atoms with Gasteiger partial charge in [0.15, 0.2) is 0 Å². The maximum Gasteiger partial charge on any atom is 0.219 e. The number of hydrogen-bond donors (Lipinski definition) is 2. The highest BCUT2D eigenvalue weighted by atomic mass is 16.5. The quantitative estimate of drug-likeness (QED) is 0.688. The fraction of sp³-hybridized carbons (Fsp3) is 0.588. The number of ether oxygens (including phenoxy) is 1. The number of benzene rings is 1. The SMILES string of the molecule is CCCNC(C)c1cc(C)ccc1OCCCC(=O)NC. The van der Waals surface area contributed by atoms with Crippen LogP contribution in [0, 0.1) is 6.92 Å². The number of carbonyl (C=O) groups excluding carboxylic acids is 1. The third-order valence-corrected chi connectivity index (χ3v) is 3.42. The number of rotatable bonds is 9. The zero-order valence-corrected chi connectivity index (χ0v) is 13.7. The van der Waals surface area contributed by atoms with Gasteiger partial charge in [-0.25, -0.2) is 0 Å². The molecule has 0 saturated heterocycles. The molecule has 0 radical (unpaired) electrons. The van der Waals surface area contributed by atoms with E-state index in [0.29, 0.717) is 13.0 Å². The Bertz CT molecular complexity index is 446. The van der Waals surface area contributed by atoms with E-state index in [1.54, 1.807) is 7.05 Å².